The summed E-state index contributed by atoms with van der Waals surface area (Å²) in [5, 5.41) is 2.23. The Balaban J connectivity index is 2.11. The van der Waals surface area contributed by atoms with Crippen LogP contribution in [-0.2, 0) is 0 Å². The summed E-state index contributed by atoms with van der Waals surface area (Å²) in [5.41, 5.74) is 6.63. The van der Waals surface area contributed by atoms with E-state index in [-0.39, 0.29) is 0 Å². The molecule has 1 heterocycles. The van der Waals surface area contributed by atoms with Crippen molar-refractivity contribution in [2.24, 2.45) is 0 Å². The Morgan fingerprint density at radius 3 is 2.58 bits per heavy atom. The first kappa shape index (κ1) is 11.5. The molecule has 1 aromatic heterocycles. The first-order valence-electron chi connectivity index (χ1n) is 5.93. The molecule has 0 fully saturated rings. The zero-order valence-electron chi connectivity index (χ0n) is 10.5. The van der Waals surface area contributed by atoms with Crippen LogP contribution in [0.5, 0.6) is 5.75 Å². The van der Waals surface area contributed by atoms with Gasteiger partial charge in [-0.25, -0.2) is 9.97 Å². The molecule has 4 nitrogen and oxygen atoms in total. The van der Waals surface area contributed by atoms with E-state index < -0.39 is 0 Å². The van der Waals surface area contributed by atoms with Crippen LogP contribution in [0.4, 0.5) is 5.82 Å². The number of nitrogens with two attached hydrogens (primary N) is 1. The molecule has 0 atom stereocenters. The lowest BCUT2D eigenvalue weighted by Crippen LogP contribution is -1.94. The van der Waals surface area contributed by atoms with E-state index in [1.807, 2.05) is 36.4 Å². The van der Waals surface area contributed by atoms with E-state index in [1.165, 1.54) is 0 Å². The maximum Gasteiger partial charge on any atom is 0.161 e. The Morgan fingerprint density at radius 1 is 1.00 bits per heavy atom. The van der Waals surface area contributed by atoms with Crippen molar-refractivity contribution in [1.82, 2.24) is 9.97 Å². The molecular formula is C15H13N3O. The maximum atomic E-state index is 5.68. The molecule has 2 N–H and O–H groups in total. The molecule has 0 bridgehead atoms. The average Bonchev–Trinajstić information content (AvgIpc) is 2.46. The van der Waals surface area contributed by atoms with Crippen molar-refractivity contribution in [3.8, 4) is 17.1 Å². The van der Waals surface area contributed by atoms with Gasteiger partial charge in [0.2, 0.25) is 0 Å². The van der Waals surface area contributed by atoms with Crippen LogP contribution in [0, 0.1) is 0 Å². The quantitative estimate of drug-likeness (QED) is 0.760. The molecule has 3 rings (SSSR count). The largest absolute Gasteiger partial charge is 0.497 e. The summed E-state index contributed by atoms with van der Waals surface area (Å²) in [7, 11) is 1.66. The van der Waals surface area contributed by atoms with Crippen molar-refractivity contribution < 1.29 is 4.74 Å². The summed E-state index contributed by atoms with van der Waals surface area (Å²) in [6.07, 6.45) is 1.66. The fraction of sp³-hybridized carbons (Fsp3) is 0.0667. The van der Waals surface area contributed by atoms with Crippen molar-refractivity contribution in [1.29, 1.82) is 0 Å². The van der Waals surface area contributed by atoms with Gasteiger partial charge in [0.1, 0.15) is 11.6 Å². The number of nitrogen functional groups attached to an aromatic ring is 1. The highest BCUT2D eigenvalue weighted by Crippen LogP contribution is 2.25. The average molecular weight is 251 g/mol. The Kier molecular flexibility index (Phi) is 2.76. The third kappa shape index (κ3) is 2.20. The Labute approximate surface area is 110 Å². The topological polar surface area (TPSA) is 61.0 Å². The van der Waals surface area contributed by atoms with Gasteiger partial charge in [-0.15, -0.1) is 0 Å². The van der Waals surface area contributed by atoms with Crippen LogP contribution in [0.3, 0.4) is 0 Å². The van der Waals surface area contributed by atoms with Crippen molar-refractivity contribution >= 4 is 16.6 Å². The lowest BCUT2D eigenvalue weighted by molar-refractivity contribution is 0.415. The minimum atomic E-state index is 0.472. The summed E-state index contributed by atoms with van der Waals surface area (Å²) < 4.78 is 5.21. The minimum absolute atomic E-state index is 0.472. The Bertz CT molecular complexity index is 740. The van der Waals surface area contributed by atoms with Gasteiger partial charge in [0.25, 0.3) is 0 Å². The monoisotopic (exact) mass is 251 g/mol. The number of fused-ring (bicyclic) bond motifs is 1. The number of rotatable bonds is 2. The fourth-order valence-corrected chi connectivity index (χ4v) is 2.00. The number of anilines is 1. The minimum Gasteiger partial charge on any atom is -0.497 e. The second-order valence-electron chi connectivity index (χ2n) is 4.23. The Hall–Kier alpha value is -2.62. The lowest BCUT2D eigenvalue weighted by atomic mass is 10.1. The number of methoxy groups -OCH3 is 1. The molecule has 0 saturated carbocycles. The molecule has 4 heteroatoms. The first-order valence-corrected chi connectivity index (χ1v) is 5.93. The molecule has 0 aliphatic heterocycles. The zero-order chi connectivity index (χ0) is 13.2. The number of aromatic nitrogens is 2. The normalized spacial score (nSPS) is 10.6. The van der Waals surface area contributed by atoms with Crippen molar-refractivity contribution in [3.05, 3.63) is 48.7 Å². The number of benzene rings is 2. The summed E-state index contributed by atoms with van der Waals surface area (Å²) >= 11 is 0. The van der Waals surface area contributed by atoms with Crippen LogP contribution in [0.2, 0.25) is 0 Å². The zero-order valence-corrected chi connectivity index (χ0v) is 10.5. The highest BCUT2D eigenvalue weighted by Gasteiger charge is 2.03. The van der Waals surface area contributed by atoms with Gasteiger partial charge in [-0.05, 0) is 35.0 Å². The smallest absolute Gasteiger partial charge is 0.161 e. The van der Waals surface area contributed by atoms with Crippen LogP contribution in [0.1, 0.15) is 0 Å². The molecule has 0 aliphatic carbocycles. The van der Waals surface area contributed by atoms with Crippen molar-refractivity contribution in [3.63, 3.8) is 0 Å². The molecule has 0 radical (unpaired) electrons. The predicted octanol–water partition coefficient (Wildman–Crippen LogP) is 2.89. The van der Waals surface area contributed by atoms with Crippen LogP contribution in [0.15, 0.2) is 48.7 Å². The number of hydrogen-bond acceptors (Lipinski definition) is 4. The van der Waals surface area contributed by atoms with Crippen molar-refractivity contribution in [2.45, 2.75) is 0 Å². The summed E-state index contributed by atoms with van der Waals surface area (Å²) in [4.78, 5) is 8.46. The maximum absolute atomic E-state index is 5.68. The molecule has 0 aliphatic rings. The van der Waals surface area contributed by atoms with Gasteiger partial charge in [0.15, 0.2) is 5.82 Å². The second kappa shape index (κ2) is 4.57. The molecule has 19 heavy (non-hydrogen) atoms. The third-order valence-electron chi connectivity index (χ3n) is 2.98. The number of hydrogen-bond donors (Lipinski definition) is 1. The highest BCUT2D eigenvalue weighted by atomic mass is 16.5. The SMILES string of the molecule is COc1ccc2cc(-c3nccc(N)n3)ccc2c1. The van der Waals surface area contributed by atoms with Gasteiger partial charge in [-0.3, -0.25) is 0 Å². The number of ether oxygens (including phenoxy) is 1. The van der Waals surface area contributed by atoms with Gasteiger partial charge >= 0.3 is 0 Å². The van der Waals surface area contributed by atoms with E-state index in [0.29, 0.717) is 11.6 Å². The van der Waals surface area contributed by atoms with Gasteiger partial charge < -0.3 is 10.5 Å². The van der Waals surface area contributed by atoms with E-state index in [0.717, 1.165) is 22.1 Å². The Morgan fingerprint density at radius 2 is 1.79 bits per heavy atom. The van der Waals surface area contributed by atoms with Crippen molar-refractivity contribution in [2.75, 3.05) is 12.8 Å². The fourth-order valence-electron chi connectivity index (χ4n) is 2.00. The molecule has 0 amide bonds. The van der Waals surface area contributed by atoms with Gasteiger partial charge in [0, 0.05) is 11.8 Å². The first-order chi connectivity index (χ1) is 9.26. The van der Waals surface area contributed by atoms with Crippen LogP contribution >= 0.6 is 0 Å². The summed E-state index contributed by atoms with van der Waals surface area (Å²) in [6.45, 7) is 0. The standard InChI is InChI=1S/C15H13N3O/c1-19-13-5-4-10-8-12(3-2-11(10)9-13)15-17-7-6-14(16)18-15/h2-9H,1H3,(H2,16,17,18). The van der Waals surface area contributed by atoms with Gasteiger partial charge in [-0.2, -0.15) is 0 Å². The highest BCUT2D eigenvalue weighted by molar-refractivity contribution is 5.87. The van der Waals surface area contributed by atoms with Gasteiger partial charge in [0.05, 0.1) is 7.11 Å². The molecule has 2 aromatic carbocycles. The van der Waals surface area contributed by atoms with E-state index in [1.54, 1.807) is 19.4 Å². The van der Waals surface area contributed by atoms with E-state index in [2.05, 4.69) is 9.97 Å². The molecule has 94 valence electrons. The van der Waals surface area contributed by atoms with E-state index in [9.17, 15) is 0 Å². The van der Waals surface area contributed by atoms with Crippen LogP contribution < -0.4 is 10.5 Å². The molecule has 3 aromatic rings. The molecular weight excluding hydrogens is 238 g/mol. The van der Waals surface area contributed by atoms with Crippen LogP contribution in [0.25, 0.3) is 22.2 Å². The predicted molar refractivity (Wildman–Crippen MR) is 75.9 cm³/mol. The van der Waals surface area contributed by atoms with E-state index >= 15 is 0 Å². The molecule has 0 saturated heterocycles. The summed E-state index contributed by atoms with van der Waals surface area (Å²) in [6, 6.07) is 13.7. The van der Waals surface area contributed by atoms with Gasteiger partial charge in [-0.1, -0.05) is 18.2 Å². The second-order valence-corrected chi connectivity index (χ2v) is 4.23. The summed E-state index contributed by atoms with van der Waals surface area (Å²) in [5.74, 6) is 1.96. The van der Waals surface area contributed by atoms with Crippen LogP contribution in [-0.4, -0.2) is 17.1 Å². The molecule has 0 unspecified atom stereocenters. The lowest BCUT2D eigenvalue weighted by Gasteiger charge is -2.05. The van der Waals surface area contributed by atoms with E-state index in [4.69, 9.17) is 10.5 Å². The number of nitrogens with zero attached hydrogens (tertiary/aromatic N) is 2. The molecule has 0 spiro atoms. The third-order valence-corrected chi connectivity index (χ3v) is 2.98.